The predicted molar refractivity (Wildman–Crippen MR) is 28.1 cm³/mol. The first-order chi connectivity index (χ1) is 5.20. The number of halogens is 7. The second-order valence-electron chi connectivity index (χ2n) is 1.54. The van der Waals surface area contributed by atoms with Crippen LogP contribution >= 0.6 is 0 Å². The van der Waals surface area contributed by atoms with E-state index in [2.05, 4.69) is 0 Å². The van der Waals surface area contributed by atoms with E-state index in [-0.39, 0.29) is 0 Å². The summed E-state index contributed by atoms with van der Waals surface area (Å²) in [5.41, 5.74) is 0. The smallest absolute Gasteiger partial charge is 0.241 e. The molecule has 0 aliphatic rings. The van der Waals surface area contributed by atoms with Gasteiger partial charge in [0.05, 0.1) is 0 Å². The molecule has 0 N–H and O–H groups in total. The number of hydrogen-bond donors (Lipinski definition) is 0. The minimum absolute atomic E-state index is 0.704. The summed E-state index contributed by atoms with van der Waals surface area (Å²) in [6.07, 6.45) is -6.87. The van der Waals surface area contributed by atoms with Gasteiger partial charge in [0.1, 0.15) is 0 Å². The largest absolute Gasteiger partial charge is 0.416 e. The molecule has 0 saturated carbocycles. The van der Waals surface area contributed by atoms with Crippen molar-refractivity contribution in [2.24, 2.45) is 0 Å². The fourth-order valence-corrected chi connectivity index (χ4v) is 0. The third-order valence-electron chi connectivity index (χ3n) is 0.412. The maximum atomic E-state index is 11.0. The number of hydrogen-bond acceptors (Lipinski definition) is 0. The van der Waals surface area contributed by atoms with Gasteiger partial charge in [-0.15, -0.1) is 0 Å². The molecule has 74 valence electrons. The highest BCUT2D eigenvalue weighted by molar-refractivity contribution is 4.84. The molecule has 7 heteroatoms. The maximum Gasteiger partial charge on any atom is 0.416 e. The van der Waals surface area contributed by atoms with E-state index in [0.29, 0.717) is 6.92 Å². The van der Waals surface area contributed by atoms with Gasteiger partial charge in [-0.3, -0.25) is 0 Å². The third-order valence-corrected chi connectivity index (χ3v) is 0.412. The van der Waals surface area contributed by atoms with E-state index in [1.165, 1.54) is 0 Å². The second kappa shape index (κ2) is 5.84. The average Bonchev–Trinajstić information content (AvgIpc) is 1.87. The van der Waals surface area contributed by atoms with Gasteiger partial charge in [0.25, 0.3) is 0 Å². The van der Waals surface area contributed by atoms with Crippen LogP contribution in [0.15, 0.2) is 11.9 Å². The minimum Gasteiger partial charge on any atom is -0.241 e. The van der Waals surface area contributed by atoms with Crippen molar-refractivity contribution in [2.75, 3.05) is 6.67 Å². The quantitative estimate of drug-likeness (QED) is 0.521. The zero-order valence-electron chi connectivity index (χ0n) is 5.85. The number of alkyl halides is 4. The Morgan fingerprint density at radius 1 is 1.08 bits per heavy atom. The first kappa shape index (κ1) is 13.8. The Morgan fingerprint density at radius 3 is 1.25 bits per heavy atom. The Morgan fingerprint density at radius 2 is 1.25 bits per heavy atom. The average molecular weight is 198 g/mol. The van der Waals surface area contributed by atoms with Crippen molar-refractivity contribution >= 4 is 0 Å². The molecule has 0 saturated heterocycles. The lowest BCUT2D eigenvalue weighted by molar-refractivity contribution is -0.142. The topological polar surface area (TPSA) is 0 Å². The van der Waals surface area contributed by atoms with Crippen molar-refractivity contribution in [1.82, 2.24) is 0 Å². The summed E-state index contributed by atoms with van der Waals surface area (Å²) in [5.74, 6) is -1.41. The zero-order chi connectivity index (χ0) is 10.4. The fourth-order valence-electron chi connectivity index (χ4n) is 0. The van der Waals surface area contributed by atoms with Crippen LogP contribution in [0.25, 0.3) is 0 Å². The van der Waals surface area contributed by atoms with E-state index < -0.39 is 24.8 Å². The van der Waals surface area contributed by atoms with Crippen molar-refractivity contribution in [1.29, 1.82) is 0 Å². The first-order valence-electron chi connectivity index (χ1n) is 2.50. The summed E-state index contributed by atoms with van der Waals surface area (Å²) < 4.78 is 73.9. The lowest BCUT2D eigenvalue weighted by Crippen LogP contribution is -2.08. The summed E-state index contributed by atoms with van der Waals surface area (Å²) in [4.78, 5) is 0. The van der Waals surface area contributed by atoms with Crippen molar-refractivity contribution < 1.29 is 30.7 Å². The van der Waals surface area contributed by atoms with Gasteiger partial charge in [0, 0.05) is 0 Å². The molecule has 0 unspecified atom stereocenters. The molecule has 0 aromatic rings. The van der Waals surface area contributed by atoms with E-state index in [4.69, 9.17) is 0 Å². The lowest BCUT2D eigenvalue weighted by Gasteiger charge is -1.93. The van der Waals surface area contributed by atoms with Crippen molar-refractivity contribution in [3.05, 3.63) is 11.9 Å². The SMILES string of the molecule is CC(F)=C(F)F.FCC(F)(F)F. The van der Waals surface area contributed by atoms with Crippen LogP contribution < -0.4 is 0 Å². The predicted octanol–water partition coefficient (Wildman–Crippen LogP) is 3.60. The molecule has 12 heavy (non-hydrogen) atoms. The Hall–Kier alpha value is -0.750. The van der Waals surface area contributed by atoms with Crippen LogP contribution in [0.5, 0.6) is 0 Å². The van der Waals surface area contributed by atoms with Crippen molar-refractivity contribution in [3.8, 4) is 0 Å². The molecule has 0 fully saturated rings. The molecule has 0 atom stereocenters. The molecular formula is C5H5F7. The molecule has 0 nitrogen and oxygen atoms in total. The van der Waals surface area contributed by atoms with Gasteiger partial charge in [-0.1, -0.05) is 0 Å². The highest BCUT2D eigenvalue weighted by Crippen LogP contribution is 2.13. The fraction of sp³-hybridized carbons (Fsp3) is 0.600. The Bertz CT molecular complexity index is 126. The Balaban J connectivity index is 0. The van der Waals surface area contributed by atoms with Crippen LogP contribution in [-0.4, -0.2) is 12.9 Å². The third kappa shape index (κ3) is 16.1. The molecule has 0 bridgehead atoms. The number of rotatable bonds is 0. The van der Waals surface area contributed by atoms with Gasteiger partial charge in [-0.05, 0) is 6.92 Å². The first-order valence-corrected chi connectivity index (χ1v) is 2.50. The van der Waals surface area contributed by atoms with Crippen LogP contribution in [0.3, 0.4) is 0 Å². The van der Waals surface area contributed by atoms with Gasteiger partial charge in [0.15, 0.2) is 12.5 Å². The summed E-state index contributed by atoms with van der Waals surface area (Å²) in [6, 6.07) is 0. The standard InChI is InChI=1S/C3H3F3.C2H2F4/c1-2(4)3(5)6;3-1-2(4,5)6/h1H3;1H2. The van der Waals surface area contributed by atoms with Crippen LogP contribution in [0.4, 0.5) is 30.7 Å². The minimum atomic E-state index is -4.62. The molecule has 0 heterocycles. The molecule has 0 spiro atoms. The van der Waals surface area contributed by atoms with Gasteiger partial charge in [0.2, 0.25) is 0 Å². The molecule has 0 aromatic heterocycles. The Labute approximate surface area is 63.7 Å². The van der Waals surface area contributed by atoms with Gasteiger partial charge >= 0.3 is 12.3 Å². The highest BCUT2D eigenvalue weighted by Gasteiger charge is 2.26. The van der Waals surface area contributed by atoms with E-state index in [0.717, 1.165) is 0 Å². The van der Waals surface area contributed by atoms with E-state index in [9.17, 15) is 30.7 Å². The summed E-state index contributed by atoms with van der Waals surface area (Å²) in [5, 5.41) is 0. The van der Waals surface area contributed by atoms with Crippen LogP contribution in [0, 0.1) is 0 Å². The van der Waals surface area contributed by atoms with Crippen LogP contribution in [-0.2, 0) is 0 Å². The van der Waals surface area contributed by atoms with E-state index >= 15 is 0 Å². The molecule has 0 aromatic carbocycles. The molecule has 0 rings (SSSR count). The molecule has 0 radical (unpaired) electrons. The van der Waals surface area contributed by atoms with Gasteiger partial charge in [-0.25, -0.2) is 8.78 Å². The number of allylic oxidation sites excluding steroid dienone is 1. The van der Waals surface area contributed by atoms with E-state index in [1.54, 1.807) is 0 Å². The molecule has 0 aliphatic carbocycles. The van der Waals surface area contributed by atoms with Crippen LogP contribution in [0.2, 0.25) is 0 Å². The lowest BCUT2D eigenvalue weighted by atomic mass is 10.7. The molecule has 0 aliphatic heterocycles. The second-order valence-corrected chi connectivity index (χ2v) is 1.54. The Kier molecular flexibility index (Phi) is 6.73. The zero-order valence-corrected chi connectivity index (χ0v) is 5.85. The van der Waals surface area contributed by atoms with Crippen LogP contribution in [0.1, 0.15) is 6.92 Å². The molecular weight excluding hydrogens is 193 g/mol. The van der Waals surface area contributed by atoms with Crippen molar-refractivity contribution in [3.63, 3.8) is 0 Å². The summed E-state index contributed by atoms with van der Waals surface area (Å²) in [6.45, 7) is -1.53. The summed E-state index contributed by atoms with van der Waals surface area (Å²) >= 11 is 0. The normalized spacial score (nSPS) is 10.0. The van der Waals surface area contributed by atoms with E-state index in [1.807, 2.05) is 0 Å². The van der Waals surface area contributed by atoms with Gasteiger partial charge < -0.3 is 0 Å². The monoisotopic (exact) mass is 198 g/mol. The molecule has 0 amide bonds. The maximum absolute atomic E-state index is 11.0. The summed E-state index contributed by atoms with van der Waals surface area (Å²) in [7, 11) is 0. The van der Waals surface area contributed by atoms with Crippen molar-refractivity contribution in [2.45, 2.75) is 13.1 Å². The highest BCUT2D eigenvalue weighted by atomic mass is 19.4. The van der Waals surface area contributed by atoms with Gasteiger partial charge in [-0.2, -0.15) is 22.0 Å².